The van der Waals surface area contributed by atoms with Crippen LogP contribution in [0.5, 0.6) is 5.75 Å². The van der Waals surface area contributed by atoms with Gasteiger partial charge in [0.15, 0.2) is 6.10 Å². The van der Waals surface area contributed by atoms with Gasteiger partial charge in [0.05, 0.1) is 6.54 Å². The first-order valence-corrected chi connectivity index (χ1v) is 12.2. The second-order valence-corrected chi connectivity index (χ2v) is 8.11. The molecule has 0 aliphatic heterocycles. The summed E-state index contributed by atoms with van der Waals surface area (Å²) in [5, 5.41) is 9.24. The van der Waals surface area contributed by atoms with Crippen molar-refractivity contribution in [2.75, 3.05) is 39.5 Å². The minimum atomic E-state index is -0.997. The summed E-state index contributed by atoms with van der Waals surface area (Å²) < 4.78 is 35.1. The van der Waals surface area contributed by atoms with E-state index in [-0.39, 0.29) is 25.5 Å². The van der Waals surface area contributed by atoms with Gasteiger partial charge in [0.1, 0.15) is 24.8 Å². The molecule has 0 heterocycles. The van der Waals surface area contributed by atoms with Crippen LogP contribution in [0, 0.1) is 5.82 Å². The van der Waals surface area contributed by atoms with E-state index in [9.17, 15) is 19.1 Å². The third-order valence-electron chi connectivity index (χ3n) is 5.22. The number of carboxylic acids is 1. The molecule has 0 aliphatic carbocycles. The minimum Gasteiger partial charge on any atom is -0.492 e. The molecule has 2 aromatic carbocycles. The first-order chi connectivity index (χ1) is 17.4. The first kappa shape index (κ1) is 29.1. The lowest BCUT2D eigenvalue weighted by atomic mass is 10.1. The van der Waals surface area contributed by atoms with E-state index in [1.54, 1.807) is 48.2 Å². The van der Waals surface area contributed by atoms with Crippen molar-refractivity contribution < 1.29 is 38.0 Å². The van der Waals surface area contributed by atoms with E-state index in [1.807, 2.05) is 6.92 Å². The number of carbonyl (C=O) groups excluding carboxylic acids is 1. The van der Waals surface area contributed by atoms with E-state index < -0.39 is 18.2 Å². The van der Waals surface area contributed by atoms with E-state index in [1.165, 1.54) is 12.1 Å². The molecule has 1 unspecified atom stereocenters. The molecule has 0 spiro atoms. The SMILES string of the molecule is CCCOCCCN(CCOc1ccc(CC(OCC)C(=O)O)cc1)C(=O)OCc1ccc(F)cc1. The Morgan fingerprint density at radius 1 is 0.944 bits per heavy atom. The average molecular weight is 506 g/mol. The highest BCUT2D eigenvalue weighted by molar-refractivity contribution is 5.72. The fraction of sp³-hybridized carbons (Fsp3) is 0.481. The third kappa shape index (κ3) is 11.0. The summed E-state index contributed by atoms with van der Waals surface area (Å²) in [5.74, 6) is -0.739. The van der Waals surface area contributed by atoms with Crippen molar-refractivity contribution in [2.24, 2.45) is 0 Å². The average Bonchev–Trinajstić information content (AvgIpc) is 2.87. The number of amides is 1. The standard InChI is InChI=1S/C27H36FNO7/c1-3-16-33-17-5-14-29(27(32)36-20-22-6-10-23(28)11-7-22)15-18-35-24-12-8-21(9-13-24)19-25(26(30)31)34-4-2/h6-13,25H,3-5,14-20H2,1-2H3,(H,30,31). The lowest BCUT2D eigenvalue weighted by Gasteiger charge is -2.22. The van der Waals surface area contributed by atoms with Crippen LogP contribution in [0.15, 0.2) is 48.5 Å². The Hall–Kier alpha value is -3.17. The van der Waals surface area contributed by atoms with Gasteiger partial charge in [0.2, 0.25) is 0 Å². The topological polar surface area (TPSA) is 94.5 Å². The fourth-order valence-electron chi connectivity index (χ4n) is 3.34. The zero-order chi connectivity index (χ0) is 26.2. The number of aliphatic carboxylic acids is 1. The highest BCUT2D eigenvalue weighted by Crippen LogP contribution is 2.15. The molecule has 198 valence electrons. The van der Waals surface area contributed by atoms with Gasteiger partial charge in [-0.25, -0.2) is 14.0 Å². The number of halogens is 1. The Morgan fingerprint density at radius 3 is 2.28 bits per heavy atom. The third-order valence-corrected chi connectivity index (χ3v) is 5.22. The predicted octanol–water partition coefficient (Wildman–Crippen LogP) is 4.69. The molecular formula is C27H36FNO7. The van der Waals surface area contributed by atoms with Gasteiger partial charge < -0.3 is 29.0 Å². The van der Waals surface area contributed by atoms with Crippen molar-refractivity contribution in [3.8, 4) is 5.75 Å². The summed E-state index contributed by atoms with van der Waals surface area (Å²) in [7, 11) is 0. The Kier molecular flexibility index (Phi) is 13.3. The molecule has 0 saturated carbocycles. The zero-order valence-electron chi connectivity index (χ0n) is 21.0. The molecule has 1 N–H and O–H groups in total. The molecule has 2 aromatic rings. The quantitative estimate of drug-likeness (QED) is 0.312. The van der Waals surface area contributed by atoms with Crippen molar-refractivity contribution in [3.05, 3.63) is 65.5 Å². The van der Waals surface area contributed by atoms with Gasteiger partial charge in [-0.1, -0.05) is 31.2 Å². The molecule has 8 nitrogen and oxygen atoms in total. The second kappa shape index (κ2) is 16.5. The van der Waals surface area contributed by atoms with Crippen molar-refractivity contribution in [2.45, 2.75) is 45.8 Å². The lowest BCUT2D eigenvalue weighted by molar-refractivity contribution is -0.149. The number of carboxylic acid groups (broad SMARTS) is 1. The van der Waals surface area contributed by atoms with Gasteiger partial charge in [-0.3, -0.25) is 0 Å². The van der Waals surface area contributed by atoms with Gasteiger partial charge in [0, 0.05) is 32.8 Å². The number of ether oxygens (including phenoxy) is 4. The van der Waals surface area contributed by atoms with Gasteiger partial charge in [-0.2, -0.15) is 0 Å². The van der Waals surface area contributed by atoms with Crippen molar-refractivity contribution >= 4 is 12.1 Å². The Bertz CT molecular complexity index is 905. The lowest BCUT2D eigenvalue weighted by Crippen LogP contribution is -2.36. The second-order valence-electron chi connectivity index (χ2n) is 8.11. The summed E-state index contributed by atoms with van der Waals surface area (Å²) in [6.07, 6.45) is 0.475. The molecule has 0 saturated heterocycles. The van der Waals surface area contributed by atoms with Crippen LogP contribution in [0.1, 0.15) is 37.8 Å². The van der Waals surface area contributed by atoms with Crippen LogP contribution in [-0.2, 0) is 32.0 Å². The van der Waals surface area contributed by atoms with Crippen molar-refractivity contribution in [1.29, 1.82) is 0 Å². The molecule has 1 amide bonds. The van der Waals surface area contributed by atoms with Gasteiger partial charge in [0.25, 0.3) is 0 Å². The maximum Gasteiger partial charge on any atom is 0.410 e. The predicted molar refractivity (Wildman–Crippen MR) is 133 cm³/mol. The maximum atomic E-state index is 13.1. The fourth-order valence-corrected chi connectivity index (χ4v) is 3.34. The van der Waals surface area contributed by atoms with E-state index in [2.05, 4.69) is 0 Å². The van der Waals surface area contributed by atoms with Crippen LogP contribution < -0.4 is 4.74 Å². The number of hydrogen-bond donors (Lipinski definition) is 1. The van der Waals surface area contributed by atoms with Crippen LogP contribution in [-0.4, -0.2) is 67.7 Å². The Labute approximate surface area is 211 Å². The minimum absolute atomic E-state index is 0.0450. The molecule has 36 heavy (non-hydrogen) atoms. The highest BCUT2D eigenvalue weighted by Gasteiger charge is 2.18. The van der Waals surface area contributed by atoms with E-state index in [4.69, 9.17) is 18.9 Å². The summed E-state index contributed by atoms with van der Waals surface area (Å²) >= 11 is 0. The number of hydrogen-bond acceptors (Lipinski definition) is 6. The number of nitrogens with zero attached hydrogens (tertiary/aromatic N) is 1. The molecule has 9 heteroatoms. The number of carbonyl (C=O) groups is 2. The normalized spacial score (nSPS) is 11.6. The van der Waals surface area contributed by atoms with Crippen LogP contribution in [0.25, 0.3) is 0 Å². The monoisotopic (exact) mass is 505 g/mol. The Morgan fingerprint density at radius 2 is 1.64 bits per heavy atom. The summed E-state index contributed by atoms with van der Waals surface area (Å²) in [4.78, 5) is 25.5. The Balaban J connectivity index is 1.86. The first-order valence-electron chi connectivity index (χ1n) is 12.2. The van der Waals surface area contributed by atoms with Gasteiger partial charge in [-0.05, 0) is 55.2 Å². The molecule has 0 radical (unpaired) electrons. The number of rotatable bonds is 17. The van der Waals surface area contributed by atoms with Crippen molar-refractivity contribution in [1.82, 2.24) is 4.90 Å². The van der Waals surface area contributed by atoms with Gasteiger partial charge in [-0.15, -0.1) is 0 Å². The molecule has 1 atom stereocenters. The smallest absolute Gasteiger partial charge is 0.410 e. The molecule has 2 rings (SSSR count). The van der Waals surface area contributed by atoms with Crippen molar-refractivity contribution in [3.63, 3.8) is 0 Å². The summed E-state index contributed by atoms with van der Waals surface area (Å²) in [5.41, 5.74) is 1.52. The van der Waals surface area contributed by atoms with Crippen LogP contribution in [0.4, 0.5) is 9.18 Å². The molecular weight excluding hydrogens is 469 g/mol. The summed E-state index contributed by atoms with van der Waals surface area (Å²) in [6.45, 7) is 6.38. The molecule has 0 aliphatic rings. The van der Waals surface area contributed by atoms with Crippen LogP contribution in [0.3, 0.4) is 0 Å². The summed E-state index contributed by atoms with van der Waals surface area (Å²) in [6, 6.07) is 12.9. The maximum absolute atomic E-state index is 13.1. The van der Waals surface area contributed by atoms with Crippen LogP contribution in [0.2, 0.25) is 0 Å². The highest BCUT2D eigenvalue weighted by atomic mass is 19.1. The number of benzene rings is 2. The zero-order valence-corrected chi connectivity index (χ0v) is 21.0. The van der Waals surface area contributed by atoms with Gasteiger partial charge >= 0.3 is 12.1 Å². The van der Waals surface area contributed by atoms with E-state index >= 15 is 0 Å². The largest absolute Gasteiger partial charge is 0.492 e. The molecule has 0 fully saturated rings. The van der Waals surface area contributed by atoms with E-state index in [0.29, 0.717) is 50.6 Å². The molecule has 0 aromatic heterocycles. The van der Waals surface area contributed by atoms with E-state index in [0.717, 1.165) is 12.0 Å². The van der Waals surface area contributed by atoms with Crippen LogP contribution >= 0.6 is 0 Å². The molecule has 0 bridgehead atoms.